The minimum Gasteiger partial charge on any atom is -0.346 e. The van der Waals surface area contributed by atoms with E-state index in [2.05, 4.69) is 15.5 Å². The Morgan fingerprint density at radius 1 is 1.13 bits per heavy atom. The van der Waals surface area contributed by atoms with E-state index in [1.165, 1.54) is 0 Å². The van der Waals surface area contributed by atoms with Crippen molar-refractivity contribution in [2.75, 3.05) is 12.0 Å². The zero-order chi connectivity index (χ0) is 21.8. The molecule has 0 aliphatic heterocycles. The van der Waals surface area contributed by atoms with Crippen molar-refractivity contribution in [1.29, 1.82) is 0 Å². The molecule has 0 radical (unpaired) electrons. The van der Waals surface area contributed by atoms with Gasteiger partial charge in [0.15, 0.2) is 17.3 Å². The summed E-state index contributed by atoms with van der Waals surface area (Å²) in [6, 6.07) is 13.3. The number of aromatic nitrogens is 4. The van der Waals surface area contributed by atoms with Crippen LogP contribution in [0.2, 0.25) is 0 Å². The van der Waals surface area contributed by atoms with E-state index in [9.17, 15) is 9.59 Å². The number of pyridine rings is 1. The molecule has 1 atom stereocenters. The van der Waals surface area contributed by atoms with Crippen molar-refractivity contribution in [2.45, 2.75) is 32.4 Å². The Bertz CT molecular complexity index is 1230. The van der Waals surface area contributed by atoms with Gasteiger partial charge in [0.05, 0.1) is 6.04 Å². The van der Waals surface area contributed by atoms with Crippen molar-refractivity contribution < 1.29 is 9.59 Å². The van der Waals surface area contributed by atoms with Crippen molar-refractivity contribution >= 4 is 40.0 Å². The number of nitrogens with one attached hydrogen (secondary N) is 1. The van der Waals surface area contributed by atoms with Gasteiger partial charge in [0.25, 0.3) is 0 Å². The van der Waals surface area contributed by atoms with Crippen molar-refractivity contribution in [3.05, 3.63) is 66.2 Å². The molecule has 1 unspecified atom stereocenters. The third-order valence-corrected chi connectivity index (χ3v) is 5.99. The number of hydrogen-bond donors (Lipinski definition) is 1. The zero-order valence-corrected chi connectivity index (χ0v) is 18.4. The van der Waals surface area contributed by atoms with Gasteiger partial charge in [-0.15, -0.1) is 10.2 Å². The first kappa shape index (κ1) is 21.1. The number of carbonyl (C=O) groups excluding carboxylic acids is 2. The predicted molar refractivity (Wildman–Crippen MR) is 123 cm³/mol. The van der Waals surface area contributed by atoms with Crippen LogP contribution in [-0.2, 0) is 11.3 Å². The number of fused-ring (bicyclic) bond motifs is 2. The van der Waals surface area contributed by atoms with Gasteiger partial charge in [-0.1, -0.05) is 24.3 Å². The largest absolute Gasteiger partial charge is 0.346 e. The smallest absolute Gasteiger partial charge is 0.222 e. The van der Waals surface area contributed by atoms with Gasteiger partial charge in [0, 0.05) is 41.8 Å². The first-order chi connectivity index (χ1) is 15.1. The number of Topliss-reactive ketones (excluding diaryl/α,β-unsaturated/α-hetero) is 1. The quantitative estimate of drug-likeness (QED) is 0.404. The summed E-state index contributed by atoms with van der Waals surface area (Å²) in [7, 11) is 0. The Kier molecular flexibility index (Phi) is 6.36. The topological polar surface area (TPSA) is 81.3 Å². The fourth-order valence-electron chi connectivity index (χ4n) is 3.80. The normalized spacial score (nSPS) is 12.3. The number of aryl methyl sites for hydroxylation is 1. The van der Waals surface area contributed by atoms with Crippen molar-refractivity contribution in [1.82, 2.24) is 24.5 Å². The number of ketones is 1. The molecule has 0 aliphatic rings. The summed E-state index contributed by atoms with van der Waals surface area (Å²) in [5.41, 5.74) is 2.41. The van der Waals surface area contributed by atoms with Gasteiger partial charge < -0.3 is 9.88 Å². The molecule has 0 spiro atoms. The van der Waals surface area contributed by atoms with Gasteiger partial charge >= 0.3 is 0 Å². The summed E-state index contributed by atoms with van der Waals surface area (Å²) in [6.07, 6.45) is 6.88. The highest BCUT2D eigenvalue weighted by molar-refractivity contribution is 7.98. The van der Waals surface area contributed by atoms with E-state index < -0.39 is 0 Å². The van der Waals surface area contributed by atoms with E-state index in [4.69, 9.17) is 0 Å². The number of thioether (sulfide) groups is 1. The van der Waals surface area contributed by atoms with Crippen LogP contribution in [-0.4, -0.2) is 42.9 Å². The lowest BCUT2D eigenvalue weighted by Gasteiger charge is -2.17. The Hall–Kier alpha value is -3.13. The molecule has 0 bridgehead atoms. The fraction of sp³-hybridized carbons (Fsp3) is 0.304. The number of rotatable bonds is 9. The number of benzene rings is 1. The van der Waals surface area contributed by atoms with E-state index >= 15 is 0 Å². The van der Waals surface area contributed by atoms with Crippen LogP contribution in [0.3, 0.4) is 0 Å². The highest BCUT2D eigenvalue weighted by Gasteiger charge is 2.20. The third kappa shape index (κ3) is 4.49. The lowest BCUT2D eigenvalue weighted by atomic mass is 10.1. The SMILES string of the molecule is CSCCC(NC(=O)CCn1cc(C(C)=O)c2ccccc21)c1nnc2ccccn12. The van der Waals surface area contributed by atoms with E-state index in [0.29, 0.717) is 18.5 Å². The van der Waals surface area contributed by atoms with Gasteiger partial charge in [0.2, 0.25) is 5.91 Å². The molecule has 160 valence electrons. The van der Waals surface area contributed by atoms with E-state index in [1.54, 1.807) is 18.7 Å². The van der Waals surface area contributed by atoms with Crippen molar-refractivity contribution in [3.63, 3.8) is 0 Å². The molecule has 0 saturated heterocycles. The first-order valence-electron chi connectivity index (χ1n) is 10.2. The van der Waals surface area contributed by atoms with Gasteiger partial charge in [-0.2, -0.15) is 11.8 Å². The number of nitrogens with zero attached hydrogens (tertiary/aromatic N) is 4. The second kappa shape index (κ2) is 9.34. The molecule has 31 heavy (non-hydrogen) atoms. The van der Waals surface area contributed by atoms with Crippen LogP contribution in [0.5, 0.6) is 0 Å². The summed E-state index contributed by atoms with van der Waals surface area (Å²) in [6.45, 7) is 2.06. The molecule has 0 aliphatic carbocycles. The van der Waals surface area contributed by atoms with Crippen LogP contribution in [0.4, 0.5) is 0 Å². The maximum Gasteiger partial charge on any atom is 0.222 e. The summed E-state index contributed by atoms with van der Waals surface area (Å²) in [5.74, 6) is 1.61. The molecule has 3 aromatic heterocycles. The minimum atomic E-state index is -0.216. The molecule has 7 nitrogen and oxygen atoms in total. The van der Waals surface area contributed by atoms with E-state index in [0.717, 1.165) is 34.5 Å². The van der Waals surface area contributed by atoms with Crippen LogP contribution < -0.4 is 5.32 Å². The number of amides is 1. The number of hydrogen-bond acceptors (Lipinski definition) is 5. The molecule has 8 heteroatoms. The lowest BCUT2D eigenvalue weighted by Crippen LogP contribution is -2.31. The Balaban J connectivity index is 1.50. The maximum absolute atomic E-state index is 12.8. The molecule has 3 heterocycles. The number of carbonyl (C=O) groups is 2. The lowest BCUT2D eigenvalue weighted by molar-refractivity contribution is -0.122. The van der Waals surface area contributed by atoms with E-state index in [1.807, 2.05) is 70.1 Å². The monoisotopic (exact) mass is 435 g/mol. The second-order valence-electron chi connectivity index (χ2n) is 7.45. The summed E-state index contributed by atoms with van der Waals surface area (Å²) >= 11 is 1.73. The predicted octanol–water partition coefficient (Wildman–Crippen LogP) is 3.89. The average Bonchev–Trinajstić information content (AvgIpc) is 3.37. The summed E-state index contributed by atoms with van der Waals surface area (Å²) < 4.78 is 3.90. The van der Waals surface area contributed by atoms with Crippen LogP contribution in [0.15, 0.2) is 54.9 Å². The van der Waals surface area contributed by atoms with Gasteiger partial charge in [-0.3, -0.25) is 14.0 Å². The van der Waals surface area contributed by atoms with Gasteiger partial charge in [0.1, 0.15) is 0 Å². The van der Waals surface area contributed by atoms with Crippen molar-refractivity contribution in [3.8, 4) is 0 Å². The Morgan fingerprint density at radius 2 is 1.94 bits per heavy atom. The van der Waals surface area contributed by atoms with Crippen LogP contribution in [0, 0.1) is 0 Å². The van der Waals surface area contributed by atoms with Crippen LogP contribution in [0.1, 0.15) is 42.0 Å². The van der Waals surface area contributed by atoms with Crippen LogP contribution in [0.25, 0.3) is 16.6 Å². The summed E-state index contributed by atoms with van der Waals surface area (Å²) in [4.78, 5) is 24.8. The highest BCUT2D eigenvalue weighted by Crippen LogP contribution is 2.23. The van der Waals surface area contributed by atoms with Crippen molar-refractivity contribution in [2.24, 2.45) is 0 Å². The zero-order valence-electron chi connectivity index (χ0n) is 17.6. The molecule has 0 fully saturated rings. The Morgan fingerprint density at radius 3 is 2.74 bits per heavy atom. The van der Waals surface area contributed by atoms with E-state index in [-0.39, 0.29) is 17.7 Å². The molecule has 1 N–H and O–H groups in total. The molecular formula is C23H25N5O2S. The highest BCUT2D eigenvalue weighted by atomic mass is 32.2. The first-order valence-corrected chi connectivity index (χ1v) is 11.6. The molecule has 0 saturated carbocycles. The van der Waals surface area contributed by atoms with Gasteiger partial charge in [-0.25, -0.2) is 0 Å². The molecule has 1 aromatic carbocycles. The number of para-hydroxylation sites is 1. The second-order valence-corrected chi connectivity index (χ2v) is 8.43. The van der Waals surface area contributed by atoms with Crippen LogP contribution >= 0.6 is 11.8 Å². The fourth-order valence-corrected chi connectivity index (χ4v) is 4.27. The van der Waals surface area contributed by atoms with Gasteiger partial charge in [-0.05, 0) is 43.6 Å². The molecular weight excluding hydrogens is 410 g/mol. The standard InChI is InChI=1S/C23H25N5O2S/c1-16(29)18-15-27(20-8-4-3-7-17(18)20)13-10-22(30)24-19(11-14-31-2)23-26-25-21-9-5-6-12-28(21)23/h3-9,12,15,19H,10-11,13-14H2,1-2H3,(H,24,30). The molecule has 1 amide bonds. The Labute approximate surface area is 184 Å². The summed E-state index contributed by atoms with van der Waals surface area (Å²) in [5, 5.41) is 12.6. The third-order valence-electron chi connectivity index (χ3n) is 5.35. The molecule has 4 aromatic rings. The molecule has 4 rings (SSSR count). The average molecular weight is 436 g/mol. The maximum atomic E-state index is 12.8. The minimum absolute atomic E-state index is 0.0233.